The van der Waals surface area contributed by atoms with Gasteiger partial charge in [0, 0.05) is 25.4 Å². The van der Waals surface area contributed by atoms with Crippen molar-refractivity contribution in [3.63, 3.8) is 0 Å². The summed E-state index contributed by atoms with van der Waals surface area (Å²) >= 11 is -2.05. The van der Waals surface area contributed by atoms with Crippen LogP contribution in [0.25, 0.3) is 0 Å². The molecule has 1 heterocycles. The molecule has 2 unspecified atom stereocenters. The van der Waals surface area contributed by atoms with E-state index in [4.69, 9.17) is 9.47 Å². The molecule has 0 N–H and O–H groups in total. The Hall–Kier alpha value is 0.0300. The minimum Gasteiger partial charge on any atom is -0.772 e. The second-order valence-corrected chi connectivity index (χ2v) is 3.76. The fourth-order valence-electron chi connectivity index (χ4n) is 1.38. The van der Waals surface area contributed by atoms with Crippen LogP contribution in [0.2, 0.25) is 0 Å². The zero-order valence-corrected chi connectivity index (χ0v) is 7.89. The number of ether oxygens (including phenoxy) is 2. The highest BCUT2D eigenvalue weighted by Gasteiger charge is 2.35. The average molecular weight is 193 g/mol. The van der Waals surface area contributed by atoms with E-state index in [1.54, 1.807) is 0 Å². The first kappa shape index (κ1) is 10.1. The molecule has 0 aromatic heterocycles. The first-order chi connectivity index (χ1) is 5.68. The molecule has 0 bridgehead atoms. The van der Waals surface area contributed by atoms with Gasteiger partial charge in [-0.2, -0.15) is 0 Å². The van der Waals surface area contributed by atoms with Crippen LogP contribution in [-0.4, -0.2) is 39.9 Å². The Balaban J connectivity index is 2.52. The molecule has 12 heavy (non-hydrogen) atoms. The molecule has 0 amide bonds. The largest absolute Gasteiger partial charge is 0.772 e. The Kier molecular flexibility index (Phi) is 3.64. The third kappa shape index (κ3) is 2.52. The highest BCUT2D eigenvalue weighted by atomic mass is 32.2. The van der Waals surface area contributed by atoms with E-state index in [1.807, 2.05) is 6.92 Å². The molecule has 5 heteroatoms. The van der Waals surface area contributed by atoms with Gasteiger partial charge in [-0.05, 0) is 6.92 Å². The zero-order valence-electron chi connectivity index (χ0n) is 7.08. The highest BCUT2D eigenvalue weighted by molar-refractivity contribution is 7.79. The van der Waals surface area contributed by atoms with Crippen molar-refractivity contribution in [2.24, 2.45) is 0 Å². The van der Waals surface area contributed by atoms with Crippen LogP contribution < -0.4 is 0 Å². The van der Waals surface area contributed by atoms with Crippen molar-refractivity contribution in [2.45, 2.75) is 18.9 Å². The lowest BCUT2D eigenvalue weighted by Crippen LogP contribution is -2.39. The van der Waals surface area contributed by atoms with Gasteiger partial charge in [0.05, 0.1) is 6.61 Å². The van der Waals surface area contributed by atoms with E-state index in [0.717, 1.165) is 0 Å². The van der Waals surface area contributed by atoms with Crippen LogP contribution in [0.1, 0.15) is 13.3 Å². The molecule has 1 saturated heterocycles. The molecule has 4 nitrogen and oxygen atoms in total. The number of hydrogen-bond acceptors (Lipinski definition) is 4. The van der Waals surface area contributed by atoms with Crippen LogP contribution in [0.3, 0.4) is 0 Å². The molecule has 1 fully saturated rings. The topological polar surface area (TPSA) is 58.6 Å². The summed E-state index contributed by atoms with van der Waals surface area (Å²) in [6.45, 7) is 3.38. The van der Waals surface area contributed by atoms with Gasteiger partial charge in [0.2, 0.25) is 0 Å². The van der Waals surface area contributed by atoms with E-state index in [0.29, 0.717) is 26.2 Å². The lowest BCUT2D eigenvalue weighted by molar-refractivity contribution is -0.0268. The molecule has 0 aromatic carbocycles. The van der Waals surface area contributed by atoms with Crippen molar-refractivity contribution in [3.05, 3.63) is 0 Å². The summed E-state index contributed by atoms with van der Waals surface area (Å²) in [5.41, 5.74) is -0.568. The minimum atomic E-state index is -2.05. The van der Waals surface area contributed by atoms with Crippen LogP contribution in [0.4, 0.5) is 0 Å². The maximum Gasteiger partial charge on any atom is 0.104 e. The summed E-state index contributed by atoms with van der Waals surface area (Å²) < 4.78 is 31.5. The fraction of sp³-hybridized carbons (Fsp3) is 1.00. The molecular weight excluding hydrogens is 180 g/mol. The van der Waals surface area contributed by atoms with Crippen molar-refractivity contribution in [3.8, 4) is 0 Å². The third-order valence-corrected chi connectivity index (χ3v) is 2.66. The predicted molar refractivity (Wildman–Crippen MR) is 43.6 cm³/mol. The fourth-order valence-corrected chi connectivity index (χ4v) is 2.12. The average Bonchev–Trinajstić information content (AvgIpc) is 2.36. The van der Waals surface area contributed by atoms with Gasteiger partial charge in [0.15, 0.2) is 0 Å². The predicted octanol–water partition coefficient (Wildman–Crippen LogP) is 0.0611. The summed E-state index contributed by atoms with van der Waals surface area (Å²) in [7, 11) is 0. The van der Waals surface area contributed by atoms with Gasteiger partial charge in [-0.3, -0.25) is 4.21 Å². The van der Waals surface area contributed by atoms with Crippen molar-refractivity contribution in [2.75, 3.05) is 25.6 Å². The SMILES string of the molecule is CCOC1(CS(=O)[O-])CCOC1. The van der Waals surface area contributed by atoms with E-state index in [2.05, 4.69) is 0 Å². The second kappa shape index (κ2) is 4.32. The highest BCUT2D eigenvalue weighted by Crippen LogP contribution is 2.23. The number of rotatable bonds is 4. The van der Waals surface area contributed by atoms with Crippen LogP contribution in [0.5, 0.6) is 0 Å². The van der Waals surface area contributed by atoms with Crippen molar-refractivity contribution >= 4 is 11.1 Å². The second-order valence-electron chi connectivity index (χ2n) is 2.87. The smallest absolute Gasteiger partial charge is 0.104 e. The lowest BCUT2D eigenvalue weighted by atomic mass is 10.1. The van der Waals surface area contributed by atoms with Gasteiger partial charge in [0.1, 0.15) is 5.60 Å². The molecule has 72 valence electrons. The molecular formula is C7H13O4S-. The Morgan fingerprint density at radius 1 is 1.75 bits per heavy atom. The van der Waals surface area contributed by atoms with Gasteiger partial charge in [-0.1, -0.05) is 11.1 Å². The quantitative estimate of drug-likeness (QED) is 0.592. The Bertz CT molecular complexity index is 165. The van der Waals surface area contributed by atoms with Crippen LogP contribution in [0.15, 0.2) is 0 Å². The molecule has 0 spiro atoms. The minimum absolute atomic E-state index is 0.0425. The molecule has 1 aliphatic heterocycles. The maximum atomic E-state index is 10.5. The van der Waals surface area contributed by atoms with E-state index in [-0.39, 0.29) is 5.75 Å². The van der Waals surface area contributed by atoms with Crippen LogP contribution in [0, 0.1) is 0 Å². The van der Waals surface area contributed by atoms with E-state index in [9.17, 15) is 8.76 Å². The van der Waals surface area contributed by atoms with Gasteiger partial charge in [-0.25, -0.2) is 0 Å². The molecule has 0 radical (unpaired) electrons. The Morgan fingerprint density at radius 2 is 2.50 bits per heavy atom. The van der Waals surface area contributed by atoms with Crippen molar-refractivity contribution in [1.29, 1.82) is 0 Å². The maximum absolute atomic E-state index is 10.5. The summed E-state index contributed by atoms with van der Waals surface area (Å²) in [6.07, 6.45) is 0.675. The Labute approximate surface area is 74.5 Å². The van der Waals surface area contributed by atoms with E-state index >= 15 is 0 Å². The summed E-state index contributed by atoms with van der Waals surface area (Å²) in [5, 5.41) is 0. The standard InChI is InChI=1S/C7H14O4S/c1-2-11-7(6-12(8)9)3-4-10-5-7/h2-6H2,1H3,(H,8,9)/p-1. The Morgan fingerprint density at radius 3 is 2.92 bits per heavy atom. The van der Waals surface area contributed by atoms with Crippen molar-refractivity contribution in [1.82, 2.24) is 0 Å². The normalized spacial score (nSPS) is 32.2. The monoisotopic (exact) mass is 193 g/mol. The van der Waals surface area contributed by atoms with E-state index in [1.165, 1.54) is 0 Å². The van der Waals surface area contributed by atoms with Gasteiger partial charge >= 0.3 is 0 Å². The summed E-state index contributed by atoms with van der Waals surface area (Å²) in [6, 6.07) is 0. The molecule has 1 aliphatic rings. The van der Waals surface area contributed by atoms with E-state index < -0.39 is 16.7 Å². The molecule has 0 aromatic rings. The van der Waals surface area contributed by atoms with Gasteiger partial charge < -0.3 is 14.0 Å². The summed E-state index contributed by atoms with van der Waals surface area (Å²) in [4.78, 5) is 0. The first-order valence-corrected chi connectivity index (χ1v) is 5.20. The van der Waals surface area contributed by atoms with Crippen LogP contribution >= 0.6 is 0 Å². The van der Waals surface area contributed by atoms with Crippen molar-refractivity contribution < 1.29 is 18.2 Å². The zero-order chi connectivity index (χ0) is 9.03. The van der Waals surface area contributed by atoms with Crippen LogP contribution in [-0.2, 0) is 20.6 Å². The third-order valence-electron chi connectivity index (χ3n) is 1.90. The van der Waals surface area contributed by atoms with Gasteiger partial charge in [-0.15, -0.1) is 0 Å². The molecule has 2 atom stereocenters. The number of hydrogen-bond donors (Lipinski definition) is 0. The molecule has 1 rings (SSSR count). The lowest BCUT2D eigenvalue weighted by Gasteiger charge is -2.27. The van der Waals surface area contributed by atoms with Gasteiger partial charge in [0.25, 0.3) is 0 Å². The molecule has 0 aliphatic carbocycles. The first-order valence-electron chi connectivity index (χ1n) is 3.96. The summed E-state index contributed by atoms with van der Waals surface area (Å²) in [5.74, 6) is 0.0425. The molecule has 0 saturated carbocycles.